The lowest BCUT2D eigenvalue weighted by Crippen LogP contribution is -2.26. The fourth-order valence-corrected chi connectivity index (χ4v) is 1.79. The molecule has 1 fully saturated rings. The summed E-state index contributed by atoms with van der Waals surface area (Å²) in [5, 5.41) is 9.09. The van der Waals surface area contributed by atoms with Gasteiger partial charge in [-0.3, -0.25) is 0 Å². The van der Waals surface area contributed by atoms with Crippen molar-refractivity contribution in [3.8, 4) is 0 Å². The number of aliphatic hydroxyl groups excluding tert-OH is 1. The van der Waals surface area contributed by atoms with E-state index in [0.717, 1.165) is 19.4 Å². The quantitative estimate of drug-likeness (QED) is 0.732. The second kappa shape index (κ2) is 4.43. The zero-order valence-corrected chi connectivity index (χ0v) is 9.05. The van der Waals surface area contributed by atoms with Crippen LogP contribution in [-0.2, 0) is 4.74 Å². The molecule has 13 heavy (non-hydrogen) atoms. The van der Waals surface area contributed by atoms with Crippen molar-refractivity contribution in [1.82, 2.24) is 0 Å². The summed E-state index contributed by atoms with van der Waals surface area (Å²) in [5.41, 5.74) is 0.239. The lowest BCUT2D eigenvalue weighted by atomic mass is 9.98. The van der Waals surface area contributed by atoms with Crippen molar-refractivity contribution < 1.29 is 9.84 Å². The van der Waals surface area contributed by atoms with Crippen molar-refractivity contribution in [2.75, 3.05) is 13.2 Å². The summed E-state index contributed by atoms with van der Waals surface area (Å²) in [6.07, 6.45) is 3.77. The Morgan fingerprint density at radius 1 is 1.31 bits per heavy atom. The van der Waals surface area contributed by atoms with E-state index in [9.17, 15) is 0 Å². The Labute approximate surface area is 81.3 Å². The fourth-order valence-electron chi connectivity index (χ4n) is 1.79. The van der Waals surface area contributed by atoms with Gasteiger partial charge in [0.2, 0.25) is 0 Å². The molecule has 1 N–H and O–H groups in total. The lowest BCUT2D eigenvalue weighted by molar-refractivity contribution is -0.0223. The Kier molecular flexibility index (Phi) is 3.74. The minimum Gasteiger partial charge on any atom is -0.396 e. The van der Waals surface area contributed by atoms with Gasteiger partial charge in [-0.2, -0.15) is 0 Å². The average molecular weight is 186 g/mol. The van der Waals surface area contributed by atoms with Crippen LogP contribution in [0.1, 0.15) is 40.0 Å². The molecule has 0 bridgehead atoms. The second-order valence-corrected chi connectivity index (χ2v) is 5.28. The molecule has 1 aliphatic rings. The molecule has 1 aliphatic carbocycles. The third-order valence-corrected chi connectivity index (χ3v) is 2.55. The molecular formula is C11H22O2. The standard InChI is InChI=1S/C11H22O2/c1-11(2,3)8-13-10-6-4-5-9(10)7-12/h9-10,12H,4-8H2,1-3H3. The maximum Gasteiger partial charge on any atom is 0.0625 e. The van der Waals surface area contributed by atoms with Crippen LogP contribution in [0, 0.1) is 11.3 Å². The number of hydrogen-bond donors (Lipinski definition) is 1. The first-order valence-electron chi connectivity index (χ1n) is 5.25. The van der Waals surface area contributed by atoms with Crippen molar-refractivity contribution in [1.29, 1.82) is 0 Å². The normalized spacial score (nSPS) is 29.5. The highest BCUT2D eigenvalue weighted by Crippen LogP contribution is 2.29. The van der Waals surface area contributed by atoms with Crippen LogP contribution in [0.5, 0.6) is 0 Å². The van der Waals surface area contributed by atoms with E-state index >= 15 is 0 Å². The molecule has 2 unspecified atom stereocenters. The van der Waals surface area contributed by atoms with E-state index in [1.807, 2.05) is 0 Å². The first-order chi connectivity index (χ1) is 6.03. The molecule has 0 heterocycles. The van der Waals surface area contributed by atoms with E-state index in [1.165, 1.54) is 6.42 Å². The molecule has 0 spiro atoms. The van der Waals surface area contributed by atoms with E-state index in [0.29, 0.717) is 12.0 Å². The zero-order chi connectivity index (χ0) is 9.90. The molecule has 0 aromatic rings. The Balaban J connectivity index is 2.28. The second-order valence-electron chi connectivity index (χ2n) is 5.28. The van der Waals surface area contributed by atoms with Crippen molar-refractivity contribution in [2.45, 2.75) is 46.1 Å². The molecular weight excluding hydrogens is 164 g/mol. The van der Waals surface area contributed by atoms with Crippen LogP contribution >= 0.6 is 0 Å². The van der Waals surface area contributed by atoms with Crippen LogP contribution in [0.25, 0.3) is 0 Å². The van der Waals surface area contributed by atoms with Crippen LogP contribution in [0.2, 0.25) is 0 Å². The number of ether oxygens (including phenoxy) is 1. The maximum absolute atomic E-state index is 9.09. The Bertz CT molecular complexity index is 149. The van der Waals surface area contributed by atoms with Gasteiger partial charge in [-0.25, -0.2) is 0 Å². The molecule has 1 rings (SSSR count). The highest BCUT2D eigenvalue weighted by molar-refractivity contribution is 4.78. The number of aliphatic hydroxyl groups is 1. The summed E-state index contributed by atoms with van der Waals surface area (Å²) in [6.45, 7) is 7.62. The van der Waals surface area contributed by atoms with Gasteiger partial charge in [-0.15, -0.1) is 0 Å². The molecule has 0 radical (unpaired) electrons. The summed E-state index contributed by atoms with van der Waals surface area (Å²) in [4.78, 5) is 0. The SMILES string of the molecule is CC(C)(C)COC1CCCC1CO. The molecule has 0 saturated heterocycles. The molecule has 0 aliphatic heterocycles. The lowest BCUT2D eigenvalue weighted by Gasteiger charge is -2.24. The van der Waals surface area contributed by atoms with Gasteiger partial charge in [0.25, 0.3) is 0 Å². The van der Waals surface area contributed by atoms with Crippen LogP contribution in [0.15, 0.2) is 0 Å². The van der Waals surface area contributed by atoms with Gasteiger partial charge >= 0.3 is 0 Å². The van der Waals surface area contributed by atoms with E-state index in [2.05, 4.69) is 20.8 Å². The molecule has 1 saturated carbocycles. The molecule has 2 nitrogen and oxygen atoms in total. The minimum atomic E-state index is 0.239. The van der Waals surface area contributed by atoms with Gasteiger partial charge in [0, 0.05) is 12.5 Å². The third kappa shape index (κ3) is 3.65. The van der Waals surface area contributed by atoms with Gasteiger partial charge in [0.15, 0.2) is 0 Å². The van der Waals surface area contributed by atoms with E-state index in [4.69, 9.17) is 9.84 Å². The summed E-state index contributed by atoms with van der Waals surface area (Å²) in [5.74, 6) is 0.391. The highest BCUT2D eigenvalue weighted by atomic mass is 16.5. The minimum absolute atomic E-state index is 0.239. The van der Waals surface area contributed by atoms with Crippen molar-refractivity contribution in [2.24, 2.45) is 11.3 Å². The van der Waals surface area contributed by atoms with E-state index in [-0.39, 0.29) is 12.0 Å². The first-order valence-corrected chi connectivity index (χ1v) is 5.25. The van der Waals surface area contributed by atoms with E-state index in [1.54, 1.807) is 0 Å². The predicted molar refractivity (Wildman–Crippen MR) is 53.6 cm³/mol. The van der Waals surface area contributed by atoms with E-state index < -0.39 is 0 Å². The highest BCUT2D eigenvalue weighted by Gasteiger charge is 2.28. The van der Waals surface area contributed by atoms with Crippen LogP contribution in [-0.4, -0.2) is 24.4 Å². The van der Waals surface area contributed by atoms with Crippen molar-refractivity contribution in [3.63, 3.8) is 0 Å². The van der Waals surface area contributed by atoms with Gasteiger partial charge in [-0.1, -0.05) is 27.2 Å². The summed E-state index contributed by atoms with van der Waals surface area (Å²) in [6, 6.07) is 0. The number of rotatable bonds is 3. The molecule has 0 amide bonds. The summed E-state index contributed by atoms with van der Waals surface area (Å²) in [7, 11) is 0. The smallest absolute Gasteiger partial charge is 0.0625 e. The van der Waals surface area contributed by atoms with Crippen molar-refractivity contribution in [3.05, 3.63) is 0 Å². The van der Waals surface area contributed by atoms with Gasteiger partial charge in [0.05, 0.1) is 12.7 Å². The average Bonchev–Trinajstić information content (AvgIpc) is 2.46. The number of hydrogen-bond acceptors (Lipinski definition) is 2. The molecule has 0 aromatic heterocycles. The zero-order valence-electron chi connectivity index (χ0n) is 9.05. The van der Waals surface area contributed by atoms with Crippen LogP contribution in [0.4, 0.5) is 0 Å². The topological polar surface area (TPSA) is 29.5 Å². The summed E-state index contributed by atoms with van der Waals surface area (Å²) >= 11 is 0. The van der Waals surface area contributed by atoms with Gasteiger partial charge < -0.3 is 9.84 Å². The first kappa shape index (κ1) is 11.0. The molecule has 78 valence electrons. The molecule has 2 atom stereocenters. The third-order valence-electron chi connectivity index (χ3n) is 2.55. The fraction of sp³-hybridized carbons (Fsp3) is 1.00. The van der Waals surface area contributed by atoms with Gasteiger partial charge in [0.1, 0.15) is 0 Å². The largest absolute Gasteiger partial charge is 0.396 e. The molecule has 2 heteroatoms. The Morgan fingerprint density at radius 2 is 2.00 bits per heavy atom. The monoisotopic (exact) mass is 186 g/mol. The Morgan fingerprint density at radius 3 is 2.54 bits per heavy atom. The van der Waals surface area contributed by atoms with Crippen LogP contribution < -0.4 is 0 Å². The van der Waals surface area contributed by atoms with Crippen LogP contribution in [0.3, 0.4) is 0 Å². The van der Waals surface area contributed by atoms with Crippen molar-refractivity contribution >= 4 is 0 Å². The van der Waals surface area contributed by atoms with Gasteiger partial charge in [-0.05, 0) is 18.3 Å². The maximum atomic E-state index is 9.09. The predicted octanol–water partition coefficient (Wildman–Crippen LogP) is 2.21. The summed E-state index contributed by atoms with van der Waals surface area (Å²) < 4.78 is 5.81. The molecule has 0 aromatic carbocycles. The Hall–Kier alpha value is -0.0800.